The maximum atomic E-state index is 11.4. The van der Waals surface area contributed by atoms with Crippen molar-refractivity contribution in [3.8, 4) is 0 Å². The molecule has 0 spiro atoms. The molecule has 0 radical (unpaired) electrons. The van der Waals surface area contributed by atoms with Gasteiger partial charge in [0.15, 0.2) is 12.6 Å². The number of hydrogen-bond donors (Lipinski definition) is 8. The summed E-state index contributed by atoms with van der Waals surface area (Å²) in [5.74, 6) is -0.581. The van der Waals surface area contributed by atoms with Crippen LogP contribution in [0.15, 0.2) is 0 Å². The van der Waals surface area contributed by atoms with Gasteiger partial charge in [0.05, 0.1) is 13.2 Å². The average Bonchev–Trinajstić information content (AvgIpc) is 2.60. The molecular weight excluding hydrogens is 358 g/mol. The van der Waals surface area contributed by atoms with Crippen molar-refractivity contribution < 1.29 is 54.8 Å². The molecule has 0 unspecified atom stereocenters. The minimum absolute atomic E-state index is 0.581. The van der Waals surface area contributed by atoms with E-state index in [-0.39, 0.29) is 0 Å². The summed E-state index contributed by atoms with van der Waals surface area (Å²) in [6.07, 6.45) is -13.7. The molecule has 2 aliphatic rings. The molecule has 0 saturated carbocycles. The lowest BCUT2D eigenvalue weighted by Crippen LogP contribution is -2.67. The lowest BCUT2D eigenvalue weighted by molar-refractivity contribution is -0.341. The van der Waals surface area contributed by atoms with Gasteiger partial charge in [0.2, 0.25) is 5.91 Å². The molecule has 2 heterocycles. The number of carbonyl (C=O) groups is 1. The second kappa shape index (κ2) is 8.84. The van der Waals surface area contributed by atoms with Crippen molar-refractivity contribution in [2.45, 2.75) is 68.3 Å². The number of aliphatic hydroxyl groups is 7. The lowest BCUT2D eigenvalue weighted by Gasteiger charge is -2.46. The van der Waals surface area contributed by atoms with Crippen LogP contribution in [0.25, 0.3) is 0 Å². The maximum absolute atomic E-state index is 11.4. The Hall–Kier alpha value is -0.930. The molecule has 0 aliphatic carbocycles. The quantitative estimate of drug-likeness (QED) is 0.226. The van der Waals surface area contributed by atoms with E-state index in [1.165, 1.54) is 0 Å². The Bertz CT molecular complexity index is 480. The van der Waals surface area contributed by atoms with Gasteiger partial charge in [-0.15, -0.1) is 0 Å². The third-order valence-corrected chi connectivity index (χ3v) is 4.38. The van der Waals surface area contributed by atoms with Gasteiger partial charge < -0.3 is 55.3 Å². The van der Waals surface area contributed by atoms with E-state index in [0.29, 0.717) is 0 Å². The summed E-state index contributed by atoms with van der Waals surface area (Å²) in [7, 11) is 0. The fourth-order valence-electron chi connectivity index (χ4n) is 2.97. The highest BCUT2D eigenvalue weighted by molar-refractivity contribution is 5.73. The summed E-state index contributed by atoms with van der Waals surface area (Å²) < 4.78 is 15.6. The topological polar surface area (TPSA) is 198 Å². The van der Waals surface area contributed by atoms with Crippen LogP contribution < -0.4 is 5.32 Å². The normalized spacial score (nSPS) is 46.8. The summed E-state index contributed by atoms with van der Waals surface area (Å²) in [4.78, 5) is 11.4. The Kier molecular flexibility index (Phi) is 7.27. The summed E-state index contributed by atoms with van der Waals surface area (Å²) in [5, 5.41) is 70.8. The van der Waals surface area contributed by atoms with E-state index in [0.717, 1.165) is 6.92 Å². The van der Waals surface area contributed by atoms with E-state index >= 15 is 0 Å². The molecule has 2 aliphatic heterocycles. The second-order valence-electron chi connectivity index (χ2n) is 6.26. The highest BCUT2D eigenvalue weighted by atomic mass is 16.7. The molecule has 0 bridgehead atoms. The first-order valence-electron chi connectivity index (χ1n) is 8.06. The first kappa shape index (κ1) is 21.4. The van der Waals surface area contributed by atoms with Gasteiger partial charge in [0.25, 0.3) is 0 Å². The van der Waals surface area contributed by atoms with Crippen LogP contribution in [0.3, 0.4) is 0 Å². The summed E-state index contributed by atoms with van der Waals surface area (Å²) in [5.41, 5.74) is 0. The molecule has 0 aromatic heterocycles. The number of nitrogens with one attached hydrogen (secondary N) is 1. The number of aliphatic hydroxyl groups excluding tert-OH is 7. The van der Waals surface area contributed by atoms with Crippen LogP contribution >= 0.6 is 0 Å². The minimum atomic E-state index is -1.77. The summed E-state index contributed by atoms with van der Waals surface area (Å²) >= 11 is 0. The molecular formula is C14H25NO11. The second-order valence-corrected chi connectivity index (χ2v) is 6.26. The molecule has 1 amide bonds. The van der Waals surface area contributed by atoms with Gasteiger partial charge in [0.1, 0.15) is 48.8 Å². The molecule has 12 nitrogen and oxygen atoms in total. The van der Waals surface area contributed by atoms with Gasteiger partial charge in [-0.05, 0) is 0 Å². The fraction of sp³-hybridized carbons (Fsp3) is 0.929. The van der Waals surface area contributed by atoms with Gasteiger partial charge in [-0.1, -0.05) is 0 Å². The average molecular weight is 383 g/mol. The molecule has 2 fully saturated rings. The molecule has 26 heavy (non-hydrogen) atoms. The highest BCUT2D eigenvalue weighted by Gasteiger charge is 2.50. The number of ether oxygens (including phenoxy) is 3. The Morgan fingerprint density at radius 3 is 2.04 bits per heavy atom. The van der Waals surface area contributed by atoms with E-state index in [1.807, 2.05) is 0 Å². The van der Waals surface area contributed by atoms with Gasteiger partial charge in [-0.25, -0.2) is 0 Å². The van der Waals surface area contributed by atoms with Crippen molar-refractivity contribution in [3.63, 3.8) is 0 Å². The van der Waals surface area contributed by atoms with Crippen molar-refractivity contribution in [2.75, 3.05) is 13.2 Å². The van der Waals surface area contributed by atoms with Crippen LogP contribution in [0.4, 0.5) is 0 Å². The first-order chi connectivity index (χ1) is 12.2. The van der Waals surface area contributed by atoms with Gasteiger partial charge >= 0.3 is 0 Å². The predicted octanol–water partition coefficient (Wildman–Crippen LogP) is -5.25. The molecule has 0 aromatic rings. The van der Waals surface area contributed by atoms with Crippen LogP contribution in [-0.4, -0.2) is 116 Å². The van der Waals surface area contributed by atoms with Crippen LogP contribution in [0.1, 0.15) is 6.92 Å². The van der Waals surface area contributed by atoms with Crippen LogP contribution in [0.2, 0.25) is 0 Å². The highest BCUT2D eigenvalue weighted by Crippen LogP contribution is 2.28. The number of rotatable bonds is 5. The Morgan fingerprint density at radius 2 is 1.50 bits per heavy atom. The third kappa shape index (κ3) is 4.31. The number of carbonyl (C=O) groups excluding carboxylic acids is 1. The summed E-state index contributed by atoms with van der Waals surface area (Å²) in [6.45, 7) is -0.199. The molecule has 2 rings (SSSR count). The van der Waals surface area contributed by atoms with Crippen molar-refractivity contribution in [3.05, 3.63) is 0 Å². The van der Waals surface area contributed by atoms with Gasteiger partial charge in [0, 0.05) is 6.92 Å². The largest absolute Gasteiger partial charge is 0.394 e. The monoisotopic (exact) mass is 383 g/mol. The molecule has 2 saturated heterocycles. The zero-order chi connectivity index (χ0) is 19.6. The SMILES string of the molecule is CC(=O)N[C@H]1[C@@H](O[C@@H]2[C@@H](O)[C@H](O)O[C@H](CO)[C@H]2O)O[C@H](CO)[C@@H](O)[C@@H]1O. The molecule has 0 aromatic carbocycles. The van der Waals surface area contributed by atoms with E-state index in [4.69, 9.17) is 14.2 Å². The minimum Gasteiger partial charge on any atom is -0.394 e. The third-order valence-electron chi connectivity index (χ3n) is 4.38. The van der Waals surface area contributed by atoms with Crippen LogP contribution in [-0.2, 0) is 19.0 Å². The molecule has 10 atom stereocenters. The Labute approximate surface area is 148 Å². The van der Waals surface area contributed by atoms with E-state index in [1.54, 1.807) is 0 Å². The first-order valence-corrected chi connectivity index (χ1v) is 8.06. The smallest absolute Gasteiger partial charge is 0.217 e. The van der Waals surface area contributed by atoms with Crippen molar-refractivity contribution in [1.82, 2.24) is 5.32 Å². The molecule has 8 N–H and O–H groups in total. The van der Waals surface area contributed by atoms with Crippen molar-refractivity contribution >= 4 is 5.91 Å². The molecule has 12 heteroatoms. The van der Waals surface area contributed by atoms with Crippen molar-refractivity contribution in [2.24, 2.45) is 0 Å². The predicted molar refractivity (Wildman–Crippen MR) is 80.2 cm³/mol. The maximum Gasteiger partial charge on any atom is 0.217 e. The standard InChI is InChI=1S/C14H25NO11/c1-4(18)15-7-10(21)8(19)5(2-16)25-14(7)26-12-9(20)6(3-17)24-13(23)11(12)22/h5-14,16-17,19-23H,2-3H2,1H3,(H,15,18)/t5-,6-,7-,8-,9-,10-,11-,12+,13-,14-/m1/s1. The van der Waals surface area contributed by atoms with E-state index in [2.05, 4.69) is 5.32 Å². The number of hydrogen-bond acceptors (Lipinski definition) is 11. The lowest BCUT2D eigenvalue weighted by atomic mass is 9.95. The van der Waals surface area contributed by atoms with Crippen molar-refractivity contribution in [1.29, 1.82) is 0 Å². The van der Waals surface area contributed by atoms with Gasteiger partial charge in [-0.2, -0.15) is 0 Å². The number of amides is 1. The van der Waals surface area contributed by atoms with Crippen LogP contribution in [0, 0.1) is 0 Å². The van der Waals surface area contributed by atoms with E-state index in [9.17, 15) is 40.5 Å². The zero-order valence-corrected chi connectivity index (χ0v) is 14.0. The van der Waals surface area contributed by atoms with E-state index < -0.39 is 80.5 Å². The molecule has 152 valence electrons. The van der Waals surface area contributed by atoms with Gasteiger partial charge in [-0.3, -0.25) is 4.79 Å². The fourth-order valence-corrected chi connectivity index (χ4v) is 2.97. The Balaban J connectivity index is 2.22. The summed E-state index contributed by atoms with van der Waals surface area (Å²) in [6, 6.07) is -1.29. The Morgan fingerprint density at radius 1 is 0.923 bits per heavy atom. The zero-order valence-electron chi connectivity index (χ0n) is 14.0. The van der Waals surface area contributed by atoms with Crippen LogP contribution in [0.5, 0.6) is 0 Å².